The molecule has 236 valence electrons. The number of hydrogen-bond acceptors (Lipinski definition) is 1. The first-order chi connectivity index (χ1) is 26.2. The van der Waals surface area contributed by atoms with Gasteiger partial charge in [0, 0.05) is 16.2 Å². The fourth-order valence-corrected chi connectivity index (χ4v) is 8.43. The van der Waals surface area contributed by atoms with E-state index < -0.39 is 0 Å². The summed E-state index contributed by atoms with van der Waals surface area (Å²) in [6.07, 6.45) is 0. The predicted octanol–water partition coefficient (Wildman–Crippen LogP) is 14.4. The normalized spacial score (nSPS) is 12.5. The monoisotopic (exact) mass is 648 g/mol. The SMILES string of the molecule is [2H]c1c([2H])c2c3cc4cccc(-c5c6ccccc6c(-c6ccccc6-c6cccc7ccccc67)c6ccccc56)c4cc3oc2c2ccccc12. The minimum atomic E-state index is 0.198. The van der Waals surface area contributed by atoms with Gasteiger partial charge in [-0.2, -0.15) is 0 Å². The molecule has 0 spiro atoms. The summed E-state index contributed by atoms with van der Waals surface area (Å²) >= 11 is 0. The summed E-state index contributed by atoms with van der Waals surface area (Å²) in [5, 5.41) is 12.5. The van der Waals surface area contributed by atoms with Gasteiger partial charge in [-0.05, 0) is 100 Å². The third-order valence-corrected chi connectivity index (χ3v) is 10.7. The molecule has 11 aromatic rings. The lowest BCUT2D eigenvalue weighted by molar-refractivity contribution is 0.673. The molecular weight excluding hydrogens is 617 g/mol. The van der Waals surface area contributed by atoms with Crippen LogP contribution in [0.4, 0.5) is 0 Å². The molecule has 11 rings (SSSR count). The standard InChI is InChI=1S/C50H30O/c1-3-17-34-31(13-1)15-11-25-36(34)37-19-5-6-20-38(37)48-39-21-7-9-23-41(39)49(42-24-10-8-22-40(42)48)43-26-12-16-33-29-46-44-28-27-32-14-2-4-18-35(32)50(44)51-47(46)30-45(33)43/h1-30H/i27D,28D. The van der Waals surface area contributed by atoms with Crippen molar-refractivity contribution in [2.75, 3.05) is 0 Å². The van der Waals surface area contributed by atoms with E-state index in [-0.39, 0.29) is 12.1 Å². The van der Waals surface area contributed by atoms with Crippen molar-refractivity contribution in [1.29, 1.82) is 0 Å². The summed E-state index contributed by atoms with van der Waals surface area (Å²) in [4.78, 5) is 0. The van der Waals surface area contributed by atoms with Crippen molar-refractivity contribution in [3.63, 3.8) is 0 Å². The van der Waals surface area contributed by atoms with Gasteiger partial charge in [-0.15, -0.1) is 0 Å². The van der Waals surface area contributed by atoms with E-state index in [9.17, 15) is 0 Å². The molecule has 1 aromatic heterocycles. The van der Waals surface area contributed by atoms with E-state index in [0.717, 1.165) is 38.1 Å². The van der Waals surface area contributed by atoms with Crippen LogP contribution in [0.15, 0.2) is 186 Å². The largest absolute Gasteiger partial charge is 0.455 e. The second-order valence-corrected chi connectivity index (χ2v) is 13.4. The Bertz CT molecular complexity index is 3250. The van der Waals surface area contributed by atoms with Gasteiger partial charge in [0.1, 0.15) is 11.2 Å². The van der Waals surface area contributed by atoms with Gasteiger partial charge in [-0.25, -0.2) is 0 Å². The van der Waals surface area contributed by atoms with Crippen LogP contribution in [0.5, 0.6) is 0 Å². The second-order valence-electron chi connectivity index (χ2n) is 13.4. The van der Waals surface area contributed by atoms with Crippen molar-refractivity contribution in [3.8, 4) is 33.4 Å². The molecule has 0 aliphatic carbocycles. The second kappa shape index (κ2) is 10.9. The lowest BCUT2D eigenvalue weighted by atomic mass is 9.82. The zero-order valence-electron chi connectivity index (χ0n) is 29.6. The molecule has 0 atom stereocenters. The summed E-state index contributed by atoms with van der Waals surface area (Å²) in [7, 11) is 0. The number of rotatable bonds is 3. The number of benzene rings is 10. The molecular formula is C50H30O. The van der Waals surface area contributed by atoms with Crippen molar-refractivity contribution in [2.45, 2.75) is 0 Å². The average molecular weight is 649 g/mol. The first-order valence-electron chi connectivity index (χ1n) is 18.4. The first kappa shape index (κ1) is 26.2. The molecule has 0 N–H and O–H groups in total. The average Bonchev–Trinajstić information content (AvgIpc) is 3.59. The van der Waals surface area contributed by atoms with Crippen LogP contribution in [0, 0.1) is 0 Å². The lowest BCUT2D eigenvalue weighted by Gasteiger charge is -2.20. The van der Waals surface area contributed by atoms with Crippen molar-refractivity contribution < 1.29 is 7.16 Å². The Morgan fingerprint density at radius 2 is 0.824 bits per heavy atom. The maximum atomic E-state index is 8.99. The maximum Gasteiger partial charge on any atom is 0.143 e. The molecule has 1 heterocycles. The van der Waals surface area contributed by atoms with Gasteiger partial charge in [-0.3, -0.25) is 0 Å². The first-order valence-corrected chi connectivity index (χ1v) is 17.4. The minimum Gasteiger partial charge on any atom is -0.455 e. The zero-order valence-corrected chi connectivity index (χ0v) is 27.6. The van der Waals surface area contributed by atoms with E-state index in [1.807, 2.05) is 24.3 Å². The van der Waals surface area contributed by atoms with Gasteiger partial charge >= 0.3 is 0 Å². The molecule has 1 heteroatoms. The zero-order chi connectivity index (χ0) is 35.2. The van der Waals surface area contributed by atoms with E-state index in [1.54, 1.807) is 0 Å². The summed E-state index contributed by atoms with van der Waals surface area (Å²) < 4.78 is 24.4. The number of hydrogen-bond donors (Lipinski definition) is 0. The molecule has 0 amide bonds. The minimum absolute atomic E-state index is 0.198. The highest BCUT2D eigenvalue weighted by molar-refractivity contribution is 6.26. The Hall–Kier alpha value is -6.70. The van der Waals surface area contributed by atoms with Crippen LogP contribution < -0.4 is 0 Å². The van der Waals surface area contributed by atoms with Crippen molar-refractivity contribution >= 4 is 75.8 Å². The fraction of sp³-hybridized carbons (Fsp3) is 0. The van der Waals surface area contributed by atoms with E-state index in [1.165, 1.54) is 60.1 Å². The molecule has 0 fully saturated rings. The molecule has 0 aliphatic rings. The van der Waals surface area contributed by atoms with Crippen LogP contribution in [0.25, 0.3) is 109 Å². The van der Waals surface area contributed by atoms with Crippen LogP contribution >= 0.6 is 0 Å². The number of fused-ring (bicyclic) bond motifs is 9. The third kappa shape index (κ3) is 4.16. The highest BCUT2D eigenvalue weighted by Crippen LogP contribution is 2.48. The smallest absolute Gasteiger partial charge is 0.143 e. The van der Waals surface area contributed by atoms with E-state index in [2.05, 4.69) is 146 Å². The van der Waals surface area contributed by atoms with Crippen LogP contribution in [-0.4, -0.2) is 0 Å². The van der Waals surface area contributed by atoms with E-state index >= 15 is 0 Å². The maximum absolute atomic E-state index is 8.99. The van der Waals surface area contributed by atoms with Gasteiger partial charge in [0.25, 0.3) is 0 Å². The Morgan fingerprint density at radius 1 is 0.314 bits per heavy atom. The van der Waals surface area contributed by atoms with Gasteiger partial charge < -0.3 is 4.42 Å². The van der Waals surface area contributed by atoms with Crippen LogP contribution in [0.3, 0.4) is 0 Å². The Kier molecular flexibility index (Phi) is 5.60. The quantitative estimate of drug-likeness (QED) is 0.174. The number of furan rings is 1. The highest BCUT2D eigenvalue weighted by atomic mass is 16.3. The summed E-state index contributed by atoms with van der Waals surface area (Å²) in [6.45, 7) is 0. The Morgan fingerprint density at radius 3 is 1.55 bits per heavy atom. The molecule has 0 aliphatic heterocycles. The van der Waals surface area contributed by atoms with Gasteiger partial charge in [0.05, 0.1) is 2.74 Å². The van der Waals surface area contributed by atoms with Crippen LogP contribution in [0.1, 0.15) is 2.74 Å². The molecule has 0 radical (unpaired) electrons. The summed E-state index contributed by atoms with van der Waals surface area (Å²) in [5.41, 5.74) is 8.56. The molecule has 10 aromatic carbocycles. The summed E-state index contributed by atoms with van der Waals surface area (Å²) in [6, 6.07) is 60.7. The molecule has 0 unspecified atom stereocenters. The van der Waals surface area contributed by atoms with Crippen LogP contribution in [-0.2, 0) is 0 Å². The molecule has 1 nitrogen and oxygen atoms in total. The van der Waals surface area contributed by atoms with Crippen molar-refractivity contribution in [1.82, 2.24) is 0 Å². The lowest BCUT2D eigenvalue weighted by Crippen LogP contribution is -1.93. The Labute approximate surface area is 297 Å². The third-order valence-electron chi connectivity index (χ3n) is 10.7. The van der Waals surface area contributed by atoms with Crippen LogP contribution in [0.2, 0.25) is 0 Å². The van der Waals surface area contributed by atoms with E-state index in [0.29, 0.717) is 11.0 Å². The molecule has 0 bridgehead atoms. The molecule has 51 heavy (non-hydrogen) atoms. The predicted molar refractivity (Wildman–Crippen MR) is 218 cm³/mol. The fourth-order valence-electron chi connectivity index (χ4n) is 8.43. The van der Waals surface area contributed by atoms with Gasteiger partial charge in [-0.1, -0.05) is 164 Å². The van der Waals surface area contributed by atoms with Crippen molar-refractivity contribution in [2.24, 2.45) is 0 Å². The molecule has 0 saturated carbocycles. The summed E-state index contributed by atoms with van der Waals surface area (Å²) in [5.74, 6) is 0. The topological polar surface area (TPSA) is 13.1 Å². The van der Waals surface area contributed by atoms with Gasteiger partial charge in [0.15, 0.2) is 0 Å². The Balaban J connectivity index is 1.22. The molecule has 0 saturated heterocycles. The van der Waals surface area contributed by atoms with Gasteiger partial charge in [0.2, 0.25) is 0 Å². The van der Waals surface area contributed by atoms with Crippen molar-refractivity contribution in [3.05, 3.63) is 182 Å². The van der Waals surface area contributed by atoms with E-state index in [4.69, 9.17) is 7.16 Å². The highest BCUT2D eigenvalue weighted by Gasteiger charge is 2.21.